The summed E-state index contributed by atoms with van der Waals surface area (Å²) >= 11 is 9.33. The van der Waals surface area contributed by atoms with E-state index in [1.807, 2.05) is 0 Å². The number of rotatable bonds is 5. The Morgan fingerprint density at radius 1 is 1.09 bits per heavy atom. The van der Waals surface area contributed by atoms with Gasteiger partial charge in [0.25, 0.3) is 0 Å². The van der Waals surface area contributed by atoms with Crippen molar-refractivity contribution in [2.75, 3.05) is 17.6 Å². The summed E-state index contributed by atoms with van der Waals surface area (Å²) in [6.07, 6.45) is 0. The number of aromatic carboxylic acids is 1. The number of benzene rings is 3. The fourth-order valence-electron chi connectivity index (χ4n) is 3.50. The number of hydrogen-bond acceptors (Lipinski definition) is 6. The number of thiol groups is 1. The van der Waals surface area contributed by atoms with Gasteiger partial charge in [0, 0.05) is 40.6 Å². The van der Waals surface area contributed by atoms with E-state index in [1.54, 1.807) is 24.3 Å². The van der Waals surface area contributed by atoms with Gasteiger partial charge in [-0.2, -0.15) is 12.6 Å². The standard InChI is InChI=1S/C23H18N2O5S2/c26-13-2-5-16-19(10-13)30-20-11-14(27)3-6-17(20)21(16)15-4-1-12(9-18(15)22(28)29)25-23(32)24-7-8-31/h1-6,9-11,26,31H,7-8H2,(H,28,29)(H2,24,25,32)/p-1. The molecule has 9 heteroatoms. The summed E-state index contributed by atoms with van der Waals surface area (Å²) < 4.78 is 5.79. The van der Waals surface area contributed by atoms with Gasteiger partial charge in [-0.15, -0.1) is 5.75 Å². The molecule has 4 rings (SSSR count). The highest BCUT2D eigenvalue weighted by Gasteiger charge is 2.22. The molecule has 2 aromatic rings. The summed E-state index contributed by atoms with van der Waals surface area (Å²) in [6.45, 7) is 0.563. The molecule has 2 aliphatic rings. The third kappa shape index (κ3) is 4.25. The van der Waals surface area contributed by atoms with Gasteiger partial charge in [0.2, 0.25) is 0 Å². The summed E-state index contributed by atoms with van der Waals surface area (Å²) in [7, 11) is 0. The number of anilines is 1. The maximum atomic E-state index is 12.2. The van der Waals surface area contributed by atoms with Gasteiger partial charge in [0.1, 0.15) is 11.3 Å². The van der Waals surface area contributed by atoms with Gasteiger partial charge in [-0.05, 0) is 48.1 Å². The van der Waals surface area contributed by atoms with Crippen LogP contribution in [0.25, 0.3) is 33.4 Å². The second-order valence-corrected chi connectivity index (χ2v) is 7.82. The maximum Gasteiger partial charge on any atom is 0.336 e. The molecule has 0 fully saturated rings. The summed E-state index contributed by atoms with van der Waals surface area (Å²) in [4.78, 5) is 24.1. The number of carboxylic acids is 1. The minimum Gasteiger partial charge on any atom is -0.872 e. The van der Waals surface area contributed by atoms with Gasteiger partial charge in [0.05, 0.1) is 5.56 Å². The van der Waals surface area contributed by atoms with Crippen LogP contribution in [0, 0.1) is 0 Å². The number of fused-ring (bicyclic) bond motifs is 2. The first-order valence-corrected chi connectivity index (χ1v) is 10.6. The van der Waals surface area contributed by atoms with E-state index < -0.39 is 5.97 Å². The minimum absolute atomic E-state index is 0.0261. The number of carbonyl (C=O) groups is 1. The molecule has 3 N–H and O–H groups in total. The average Bonchev–Trinajstić information content (AvgIpc) is 2.76. The van der Waals surface area contributed by atoms with E-state index >= 15 is 0 Å². The highest BCUT2D eigenvalue weighted by molar-refractivity contribution is 7.80. The molecular weight excluding hydrogens is 448 g/mol. The Kier molecular flexibility index (Phi) is 6.02. The van der Waals surface area contributed by atoms with Gasteiger partial charge in [0.15, 0.2) is 10.5 Å². The molecule has 1 aliphatic heterocycles. The molecule has 32 heavy (non-hydrogen) atoms. The molecule has 7 nitrogen and oxygen atoms in total. The second kappa shape index (κ2) is 8.89. The zero-order valence-electron chi connectivity index (χ0n) is 16.5. The van der Waals surface area contributed by atoms with Crippen LogP contribution >= 0.6 is 24.8 Å². The normalized spacial score (nSPS) is 10.9. The molecule has 0 atom stereocenters. The summed E-state index contributed by atoms with van der Waals surface area (Å²) in [5, 5.41) is 28.7. The van der Waals surface area contributed by atoms with Crippen LogP contribution in [0.1, 0.15) is 10.4 Å². The summed E-state index contributed by atoms with van der Waals surface area (Å²) in [6, 6.07) is 13.5. The summed E-state index contributed by atoms with van der Waals surface area (Å²) in [5.41, 5.74) is 2.07. The highest BCUT2D eigenvalue weighted by Crippen LogP contribution is 2.42. The molecule has 1 heterocycles. The lowest BCUT2D eigenvalue weighted by Crippen LogP contribution is -2.30. The van der Waals surface area contributed by atoms with Crippen molar-refractivity contribution in [1.82, 2.24) is 5.32 Å². The SMILES string of the molecule is O=C(O)c1cc(NC(=S)NCCS)ccc1-c1c2ccc(=O)cc-2oc2cc([O-])ccc12. The Balaban J connectivity index is 1.94. The predicted molar refractivity (Wildman–Crippen MR) is 129 cm³/mol. The first kappa shape index (κ1) is 21.7. The molecule has 2 aromatic carbocycles. The number of nitrogens with one attached hydrogen (secondary N) is 2. The lowest BCUT2D eigenvalue weighted by molar-refractivity contribution is -0.268. The van der Waals surface area contributed by atoms with Crippen LogP contribution in [-0.2, 0) is 0 Å². The van der Waals surface area contributed by atoms with E-state index in [4.69, 9.17) is 16.6 Å². The van der Waals surface area contributed by atoms with Gasteiger partial charge in [-0.25, -0.2) is 4.79 Å². The first-order chi connectivity index (χ1) is 15.4. The van der Waals surface area contributed by atoms with Crippen molar-refractivity contribution < 1.29 is 19.4 Å². The second-order valence-electron chi connectivity index (χ2n) is 6.96. The predicted octanol–water partition coefficient (Wildman–Crippen LogP) is 3.55. The van der Waals surface area contributed by atoms with Crippen molar-refractivity contribution >= 4 is 52.6 Å². The molecular formula is C23H17N2O5S2-. The topological polar surface area (TPSA) is 115 Å². The smallest absolute Gasteiger partial charge is 0.336 e. The number of hydrogen-bond donors (Lipinski definition) is 4. The van der Waals surface area contributed by atoms with Gasteiger partial charge in [-0.1, -0.05) is 18.2 Å². The van der Waals surface area contributed by atoms with Gasteiger partial charge < -0.3 is 25.3 Å². The maximum absolute atomic E-state index is 12.2. The fraction of sp³-hybridized carbons (Fsp3) is 0.0870. The van der Waals surface area contributed by atoms with Crippen LogP contribution in [-0.4, -0.2) is 28.5 Å². The Labute approximate surface area is 193 Å². The van der Waals surface area contributed by atoms with Crippen LogP contribution in [0.4, 0.5) is 5.69 Å². The zero-order valence-corrected chi connectivity index (χ0v) is 18.3. The van der Waals surface area contributed by atoms with Crippen molar-refractivity contribution in [2.24, 2.45) is 0 Å². The highest BCUT2D eigenvalue weighted by atomic mass is 32.1. The molecule has 162 valence electrons. The minimum atomic E-state index is -1.14. The van der Waals surface area contributed by atoms with Gasteiger partial charge >= 0.3 is 5.97 Å². The third-order valence-electron chi connectivity index (χ3n) is 4.84. The van der Waals surface area contributed by atoms with Crippen molar-refractivity contribution in [3.63, 3.8) is 0 Å². The summed E-state index contributed by atoms with van der Waals surface area (Å²) in [5.74, 6) is -0.538. The average molecular weight is 466 g/mol. The van der Waals surface area contributed by atoms with Crippen LogP contribution in [0.15, 0.2) is 63.8 Å². The monoisotopic (exact) mass is 465 g/mol. The number of thiocarbonyl (C=S) groups is 1. The molecule has 0 aromatic heterocycles. The Morgan fingerprint density at radius 3 is 2.62 bits per heavy atom. The lowest BCUT2D eigenvalue weighted by atomic mass is 9.90. The molecule has 0 bridgehead atoms. The molecule has 0 spiro atoms. The first-order valence-electron chi connectivity index (χ1n) is 9.58. The van der Waals surface area contributed by atoms with E-state index in [2.05, 4.69) is 23.3 Å². The van der Waals surface area contributed by atoms with Crippen molar-refractivity contribution in [3.8, 4) is 28.2 Å². The Morgan fingerprint density at radius 2 is 1.88 bits per heavy atom. The largest absolute Gasteiger partial charge is 0.872 e. The van der Waals surface area contributed by atoms with E-state index in [0.717, 1.165) is 0 Å². The van der Waals surface area contributed by atoms with Crippen molar-refractivity contribution in [2.45, 2.75) is 0 Å². The fourth-order valence-corrected chi connectivity index (χ4v) is 3.83. The number of carboxylic acid groups (broad SMARTS) is 1. The lowest BCUT2D eigenvalue weighted by Gasteiger charge is -2.18. The van der Waals surface area contributed by atoms with Crippen molar-refractivity contribution in [3.05, 3.63) is 70.4 Å². The van der Waals surface area contributed by atoms with Crippen molar-refractivity contribution in [1.29, 1.82) is 0 Å². The molecule has 0 unspecified atom stereocenters. The van der Waals surface area contributed by atoms with Gasteiger partial charge in [-0.3, -0.25) is 4.79 Å². The van der Waals surface area contributed by atoms with E-state index in [-0.39, 0.29) is 28.1 Å². The molecule has 0 radical (unpaired) electrons. The molecule has 0 amide bonds. The van der Waals surface area contributed by atoms with Crippen LogP contribution in [0.5, 0.6) is 5.75 Å². The van der Waals surface area contributed by atoms with Crippen LogP contribution < -0.4 is 21.2 Å². The molecule has 0 saturated carbocycles. The zero-order chi connectivity index (χ0) is 22.8. The third-order valence-corrected chi connectivity index (χ3v) is 5.31. The Bertz CT molecular complexity index is 1380. The molecule has 0 saturated heterocycles. The quantitative estimate of drug-likeness (QED) is 0.201. The van der Waals surface area contributed by atoms with E-state index in [0.29, 0.717) is 45.2 Å². The van der Waals surface area contributed by atoms with Crippen LogP contribution in [0.3, 0.4) is 0 Å². The van der Waals surface area contributed by atoms with E-state index in [9.17, 15) is 19.8 Å². The van der Waals surface area contributed by atoms with E-state index in [1.165, 1.54) is 30.3 Å². The molecule has 1 aliphatic carbocycles. The Hall–Kier alpha value is -3.56. The van der Waals surface area contributed by atoms with Crippen LogP contribution in [0.2, 0.25) is 0 Å².